The Labute approximate surface area is 135 Å². The molecule has 0 amide bonds. The summed E-state index contributed by atoms with van der Waals surface area (Å²) < 4.78 is 15.5. The Morgan fingerprint density at radius 3 is 2.41 bits per heavy atom. The maximum atomic E-state index is 11.1. The van der Waals surface area contributed by atoms with Gasteiger partial charge < -0.3 is 10.1 Å². The van der Waals surface area contributed by atoms with E-state index in [0.29, 0.717) is 11.1 Å². The molecule has 0 spiro atoms. The van der Waals surface area contributed by atoms with E-state index in [1.165, 1.54) is 24.3 Å². The van der Waals surface area contributed by atoms with Crippen LogP contribution >= 0.6 is 12.6 Å². The van der Waals surface area contributed by atoms with Crippen molar-refractivity contribution in [2.24, 2.45) is 0 Å². The van der Waals surface area contributed by atoms with Gasteiger partial charge in [0.25, 0.3) is 0 Å². The quantitative estimate of drug-likeness (QED) is 0.356. The van der Waals surface area contributed by atoms with Crippen molar-refractivity contribution in [3.63, 3.8) is 0 Å². The van der Waals surface area contributed by atoms with Gasteiger partial charge in [-0.05, 0) is 24.3 Å². The molecule has 4 atom stereocenters. The van der Waals surface area contributed by atoms with Crippen LogP contribution in [0.25, 0.3) is 0 Å². The SMILES string of the molecule is CS(=O)C1CNCC1S.O=C1OC([N+](=O)[O-])c2ccc1cc2. The fourth-order valence-corrected chi connectivity index (χ4v) is 3.81. The summed E-state index contributed by atoms with van der Waals surface area (Å²) in [6.07, 6.45) is 0.376. The molecule has 1 aromatic carbocycles. The third-order valence-corrected chi connectivity index (χ3v) is 5.49. The number of rotatable bonds is 2. The second-order valence-electron chi connectivity index (χ2n) is 4.93. The number of carbonyl (C=O) groups excluding carboxylic acids is 1. The van der Waals surface area contributed by atoms with Gasteiger partial charge in [0.05, 0.1) is 21.3 Å². The van der Waals surface area contributed by atoms with E-state index in [4.69, 9.17) is 0 Å². The monoisotopic (exact) mass is 344 g/mol. The summed E-state index contributed by atoms with van der Waals surface area (Å²) in [6.45, 7) is 1.75. The summed E-state index contributed by atoms with van der Waals surface area (Å²) in [4.78, 5) is 20.9. The number of esters is 1. The number of fused-ring (bicyclic) bond motifs is 4. The Hall–Kier alpha value is -1.45. The van der Waals surface area contributed by atoms with Gasteiger partial charge in [-0.25, -0.2) is 4.79 Å². The zero-order valence-corrected chi connectivity index (χ0v) is 13.5. The molecule has 0 aromatic heterocycles. The van der Waals surface area contributed by atoms with Crippen LogP contribution < -0.4 is 5.32 Å². The predicted octanol–water partition coefficient (Wildman–Crippen LogP) is 0.767. The molecule has 1 saturated heterocycles. The first kappa shape index (κ1) is 16.9. The third kappa shape index (κ3) is 3.84. The van der Waals surface area contributed by atoms with Crippen molar-refractivity contribution in [1.82, 2.24) is 5.32 Å². The van der Waals surface area contributed by atoms with E-state index in [1.807, 2.05) is 0 Å². The Morgan fingerprint density at radius 2 is 2.00 bits per heavy atom. The van der Waals surface area contributed by atoms with Gasteiger partial charge in [0.15, 0.2) is 0 Å². The van der Waals surface area contributed by atoms with Crippen LogP contribution in [0.2, 0.25) is 0 Å². The van der Waals surface area contributed by atoms with Gasteiger partial charge in [-0.2, -0.15) is 12.6 Å². The van der Waals surface area contributed by atoms with Crippen LogP contribution in [0.1, 0.15) is 22.1 Å². The van der Waals surface area contributed by atoms with Crippen molar-refractivity contribution in [1.29, 1.82) is 0 Å². The van der Waals surface area contributed by atoms with Crippen LogP contribution in [-0.2, 0) is 15.5 Å². The molecule has 22 heavy (non-hydrogen) atoms. The van der Waals surface area contributed by atoms with Gasteiger partial charge in [0.1, 0.15) is 0 Å². The highest BCUT2D eigenvalue weighted by Gasteiger charge is 2.31. The maximum Gasteiger partial charge on any atom is 0.383 e. The standard InChI is InChI=1S/C8H5NO4.C5H11NOS2/c10-8-6-3-1-5(2-4-6)7(13-8)9(11)12;1-9(7)5-3-6-2-4(5)8/h1-4,7H;4-6,8H,2-3H2,1H3. The molecule has 3 aliphatic heterocycles. The number of ether oxygens (including phenoxy) is 1. The number of hydrogen-bond donors (Lipinski definition) is 2. The van der Waals surface area contributed by atoms with Crippen LogP contribution in [0.5, 0.6) is 0 Å². The average Bonchev–Trinajstić information content (AvgIpc) is 2.77. The van der Waals surface area contributed by atoms with E-state index < -0.39 is 27.9 Å². The summed E-state index contributed by atoms with van der Waals surface area (Å²) in [5, 5.41) is 14.2. The normalized spacial score (nSPS) is 27.4. The molecule has 0 saturated carbocycles. The molecule has 1 N–H and O–H groups in total. The van der Waals surface area contributed by atoms with E-state index in [1.54, 1.807) is 6.26 Å². The molecule has 3 aliphatic rings. The molecule has 1 aromatic rings. The summed E-state index contributed by atoms with van der Waals surface area (Å²) in [5.74, 6) is -0.651. The first-order valence-corrected chi connectivity index (χ1v) is 8.69. The lowest BCUT2D eigenvalue weighted by Crippen LogP contribution is -2.23. The molecular weight excluding hydrogens is 328 g/mol. The Balaban J connectivity index is 0.000000172. The summed E-state index contributed by atoms with van der Waals surface area (Å²) in [5.41, 5.74) is 0.729. The largest absolute Gasteiger partial charge is 0.390 e. The highest BCUT2D eigenvalue weighted by atomic mass is 32.2. The minimum absolute atomic E-state index is 0.258. The van der Waals surface area contributed by atoms with Gasteiger partial charge in [0, 0.05) is 35.4 Å². The Kier molecular flexibility index (Phi) is 5.54. The second-order valence-corrected chi connectivity index (χ2v) is 7.19. The number of nitrogens with zero attached hydrogens (tertiary/aromatic N) is 1. The van der Waals surface area contributed by atoms with E-state index in [9.17, 15) is 19.1 Å². The van der Waals surface area contributed by atoms with Crippen LogP contribution in [0, 0.1) is 10.1 Å². The van der Waals surface area contributed by atoms with E-state index in [0.717, 1.165) is 13.1 Å². The van der Waals surface area contributed by atoms with E-state index in [-0.39, 0.29) is 10.5 Å². The van der Waals surface area contributed by atoms with Gasteiger partial charge in [0.2, 0.25) is 0 Å². The lowest BCUT2D eigenvalue weighted by molar-refractivity contribution is -0.574. The van der Waals surface area contributed by atoms with E-state index in [2.05, 4.69) is 22.7 Å². The number of nitrogens with one attached hydrogen (secondary N) is 1. The van der Waals surface area contributed by atoms with Crippen LogP contribution in [0.3, 0.4) is 0 Å². The predicted molar refractivity (Wildman–Crippen MR) is 85.1 cm³/mol. The highest BCUT2D eigenvalue weighted by Crippen LogP contribution is 2.24. The minimum Gasteiger partial charge on any atom is -0.390 e. The number of carbonyl (C=O) groups is 1. The fourth-order valence-electron chi connectivity index (χ4n) is 2.17. The molecule has 9 heteroatoms. The first-order valence-electron chi connectivity index (χ1n) is 6.55. The van der Waals surface area contributed by atoms with Crippen molar-refractivity contribution >= 4 is 29.4 Å². The molecule has 1 fully saturated rings. The fraction of sp³-hybridized carbons (Fsp3) is 0.462. The summed E-state index contributed by atoms with van der Waals surface area (Å²) in [7, 11) is -0.710. The average molecular weight is 344 g/mol. The van der Waals surface area contributed by atoms with Crippen molar-refractivity contribution in [2.75, 3.05) is 19.3 Å². The Bertz CT molecular complexity index is 593. The molecule has 4 unspecified atom stereocenters. The number of thiol groups is 1. The third-order valence-electron chi connectivity index (χ3n) is 3.40. The smallest absolute Gasteiger partial charge is 0.383 e. The summed E-state index contributed by atoms with van der Waals surface area (Å²) >= 11 is 4.27. The minimum atomic E-state index is -1.36. The topological polar surface area (TPSA) is 98.5 Å². The molecule has 0 aliphatic carbocycles. The van der Waals surface area contributed by atoms with Gasteiger partial charge in [-0.15, -0.1) is 0 Å². The van der Waals surface area contributed by atoms with Crippen LogP contribution in [0.15, 0.2) is 24.3 Å². The highest BCUT2D eigenvalue weighted by molar-refractivity contribution is 7.87. The zero-order chi connectivity index (χ0) is 16.3. The van der Waals surface area contributed by atoms with Gasteiger partial charge in [-0.1, -0.05) is 0 Å². The number of nitro groups is 1. The molecule has 4 rings (SSSR count). The number of benzene rings is 1. The summed E-state index contributed by atoms with van der Waals surface area (Å²) in [6, 6.07) is 6.07. The molecule has 120 valence electrons. The van der Waals surface area contributed by atoms with Crippen molar-refractivity contribution in [3.8, 4) is 0 Å². The van der Waals surface area contributed by atoms with Crippen LogP contribution in [0.4, 0.5) is 0 Å². The van der Waals surface area contributed by atoms with Crippen molar-refractivity contribution in [2.45, 2.75) is 16.7 Å². The molecule has 2 bridgehead atoms. The van der Waals surface area contributed by atoms with Crippen LogP contribution in [-0.4, -0.2) is 44.9 Å². The lowest BCUT2D eigenvalue weighted by Gasteiger charge is -2.07. The second kappa shape index (κ2) is 7.21. The zero-order valence-electron chi connectivity index (χ0n) is 11.8. The Morgan fingerprint density at radius 1 is 1.36 bits per heavy atom. The van der Waals surface area contributed by atoms with E-state index >= 15 is 0 Å². The molecule has 0 radical (unpaired) electrons. The lowest BCUT2D eigenvalue weighted by atomic mass is 10.1. The molecule has 7 nitrogen and oxygen atoms in total. The van der Waals surface area contributed by atoms with Gasteiger partial charge >= 0.3 is 12.2 Å². The maximum absolute atomic E-state index is 11.1. The molecular formula is C13H16N2O5S2. The van der Waals surface area contributed by atoms with Gasteiger partial charge in [-0.3, -0.25) is 14.3 Å². The first-order chi connectivity index (χ1) is 10.4. The van der Waals surface area contributed by atoms with Crippen molar-refractivity contribution in [3.05, 3.63) is 45.5 Å². The molecule has 3 heterocycles. The number of hydrogen-bond acceptors (Lipinski definition) is 7. The van der Waals surface area contributed by atoms with Crippen molar-refractivity contribution < 1.29 is 18.7 Å².